The van der Waals surface area contributed by atoms with E-state index < -0.39 is 6.10 Å². The Morgan fingerprint density at radius 2 is 1.92 bits per heavy atom. The molecule has 0 radical (unpaired) electrons. The smallest absolute Gasteiger partial charge is 0.263 e. The molecule has 0 aliphatic carbocycles. The monoisotopic (exact) mass is 336 g/mol. The molecule has 2 heterocycles. The van der Waals surface area contributed by atoms with E-state index in [1.165, 1.54) is 0 Å². The average molecular weight is 336 g/mol. The summed E-state index contributed by atoms with van der Waals surface area (Å²) < 4.78 is 5.72. The van der Waals surface area contributed by atoms with Crippen LogP contribution in [0.15, 0.2) is 48.7 Å². The van der Waals surface area contributed by atoms with Gasteiger partial charge in [-0.15, -0.1) is 0 Å². The molecule has 1 aliphatic rings. The number of piperazine rings is 1. The predicted octanol–water partition coefficient (Wildman–Crippen LogP) is 2.07. The SMILES string of the molecule is CC(Oc1ccccc1)C(=O)N1CCN(c2cc(C#N)ccn2)CC1. The first kappa shape index (κ1) is 16.8. The van der Waals surface area contributed by atoms with Crippen molar-refractivity contribution in [3.8, 4) is 11.8 Å². The molecule has 1 aromatic heterocycles. The fourth-order valence-corrected chi connectivity index (χ4v) is 2.83. The second-order valence-electron chi connectivity index (χ2n) is 5.90. The largest absolute Gasteiger partial charge is 0.481 e. The van der Waals surface area contributed by atoms with Crippen LogP contribution in [0.5, 0.6) is 5.75 Å². The van der Waals surface area contributed by atoms with Gasteiger partial charge in [0.05, 0.1) is 11.6 Å². The zero-order valence-corrected chi connectivity index (χ0v) is 14.1. The van der Waals surface area contributed by atoms with E-state index in [-0.39, 0.29) is 5.91 Å². The van der Waals surface area contributed by atoms with Crippen molar-refractivity contribution in [2.24, 2.45) is 0 Å². The zero-order valence-electron chi connectivity index (χ0n) is 14.1. The number of nitrogens with zero attached hydrogens (tertiary/aromatic N) is 4. The number of pyridine rings is 1. The van der Waals surface area contributed by atoms with Gasteiger partial charge in [0.2, 0.25) is 0 Å². The van der Waals surface area contributed by atoms with Gasteiger partial charge < -0.3 is 14.5 Å². The molecule has 6 nitrogen and oxygen atoms in total. The summed E-state index contributed by atoms with van der Waals surface area (Å²) in [6.07, 6.45) is 1.12. The van der Waals surface area contributed by atoms with Gasteiger partial charge in [0, 0.05) is 32.4 Å². The van der Waals surface area contributed by atoms with E-state index in [1.54, 1.807) is 25.3 Å². The molecule has 1 unspecified atom stereocenters. The summed E-state index contributed by atoms with van der Waals surface area (Å²) in [5.74, 6) is 1.46. The summed E-state index contributed by atoms with van der Waals surface area (Å²) >= 11 is 0. The molecule has 1 saturated heterocycles. The van der Waals surface area contributed by atoms with E-state index in [4.69, 9.17) is 10.00 Å². The highest BCUT2D eigenvalue weighted by Crippen LogP contribution is 2.17. The quantitative estimate of drug-likeness (QED) is 0.855. The van der Waals surface area contributed by atoms with Crippen molar-refractivity contribution in [1.29, 1.82) is 5.26 Å². The maximum atomic E-state index is 12.6. The van der Waals surface area contributed by atoms with Crippen LogP contribution in [0.2, 0.25) is 0 Å². The normalized spacial score (nSPS) is 15.4. The van der Waals surface area contributed by atoms with Crippen LogP contribution in [-0.2, 0) is 4.79 Å². The number of hydrogen-bond acceptors (Lipinski definition) is 5. The number of amides is 1. The summed E-state index contributed by atoms with van der Waals surface area (Å²) in [6.45, 7) is 4.37. The highest BCUT2D eigenvalue weighted by molar-refractivity contribution is 5.81. The fraction of sp³-hybridized carbons (Fsp3) is 0.316. The first-order chi connectivity index (χ1) is 12.2. The Morgan fingerprint density at radius 1 is 1.20 bits per heavy atom. The maximum Gasteiger partial charge on any atom is 0.263 e. The van der Waals surface area contributed by atoms with E-state index >= 15 is 0 Å². The lowest BCUT2D eigenvalue weighted by molar-refractivity contribution is -0.138. The van der Waals surface area contributed by atoms with E-state index in [0.29, 0.717) is 37.5 Å². The molecule has 1 atom stereocenters. The summed E-state index contributed by atoms with van der Waals surface area (Å²) in [6, 6.07) is 14.9. The van der Waals surface area contributed by atoms with Crippen LogP contribution in [0.25, 0.3) is 0 Å². The molecule has 3 rings (SSSR count). The Labute approximate surface area is 147 Å². The molecule has 2 aromatic rings. The molecule has 6 heteroatoms. The lowest BCUT2D eigenvalue weighted by Gasteiger charge is -2.36. The molecule has 1 amide bonds. The third-order valence-corrected chi connectivity index (χ3v) is 4.19. The number of anilines is 1. The van der Waals surface area contributed by atoms with Crippen LogP contribution in [-0.4, -0.2) is 48.1 Å². The second-order valence-corrected chi connectivity index (χ2v) is 5.90. The average Bonchev–Trinajstić information content (AvgIpc) is 2.68. The van der Waals surface area contributed by atoms with Crippen molar-refractivity contribution in [1.82, 2.24) is 9.88 Å². The zero-order chi connectivity index (χ0) is 17.6. The highest BCUT2D eigenvalue weighted by atomic mass is 16.5. The molecule has 25 heavy (non-hydrogen) atoms. The number of rotatable bonds is 4. The molecule has 0 bridgehead atoms. The minimum atomic E-state index is -0.519. The molecular formula is C19H20N4O2. The predicted molar refractivity (Wildman–Crippen MR) is 94.3 cm³/mol. The van der Waals surface area contributed by atoms with Crippen LogP contribution in [0.4, 0.5) is 5.82 Å². The van der Waals surface area contributed by atoms with Gasteiger partial charge in [0.15, 0.2) is 6.10 Å². The molecule has 0 N–H and O–H groups in total. The topological polar surface area (TPSA) is 69.5 Å². The second kappa shape index (κ2) is 7.67. The third-order valence-electron chi connectivity index (χ3n) is 4.19. The fourth-order valence-electron chi connectivity index (χ4n) is 2.83. The van der Waals surface area contributed by atoms with Crippen molar-refractivity contribution < 1.29 is 9.53 Å². The number of benzene rings is 1. The minimum Gasteiger partial charge on any atom is -0.481 e. The van der Waals surface area contributed by atoms with Gasteiger partial charge in [-0.2, -0.15) is 5.26 Å². The van der Waals surface area contributed by atoms with E-state index in [2.05, 4.69) is 16.0 Å². The number of nitriles is 1. The number of carbonyl (C=O) groups is 1. The van der Waals surface area contributed by atoms with Gasteiger partial charge >= 0.3 is 0 Å². The highest BCUT2D eigenvalue weighted by Gasteiger charge is 2.26. The van der Waals surface area contributed by atoms with Gasteiger partial charge in [-0.3, -0.25) is 4.79 Å². The van der Waals surface area contributed by atoms with Gasteiger partial charge in [0.25, 0.3) is 5.91 Å². The summed E-state index contributed by atoms with van der Waals surface area (Å²) in [7, 11) is 0. The Balaban J connectivity index is 1.56. The number of para-hydroxylation sites is 1. The van der Waals surface area contributed by atoms with Gasteiger partial charge in [-0.05, 0) is 31.2 Å². The number of carbonyl (C=O) groups excluding carboxylic acids is 1. The lowest BCUT2D eigenvalue weighted by Crippen LogP contribution is -2.52. The van der Waals surface area contributed by atoms with Crippen molar-refractivity contribution in [2.75, 3.05) is 31.1 Å². The third kappa shape index (κ3) is 4.07. The number of aromatic nitrogens is 1. The summed E-state index contributed by atoms with van der Waals surface area (Å²) in [5.41, 5.74) is 0.591. The van der Waals surface area contributed by atoms with Crippen LogP contribution >= 0.6 is 0 Å². The Bertz CT molecular complexity index is 764. The Morgan fingerprint density at radius 3 is 2.60 bits per heavy atom. The first-order valence-electron chi connectivity index (χ1n) is 8.29. The first-order valence-corrected chi connectivity index (χ1v) is 8.29. The summed E-state index contributed by atoms with van der Waals surface area (Å²) in [5, 5.41) is 8.99. The van der Waals surface area contributed by atoms with E-state index in [0.717, 1.165) is 5.82 Å². The van der Waals surface area contributed by atoms with Crippen LogP contribution < -0.4 is 9.64 Å². The molecule has 1 fully saturated rings. The summed E-state index contributed by atoms with van der Waals surface area (Å²) in [4.78, 5) is 20.8. The van der Waals surface area contributed by atoms with Gasteiger partial charge in [0.1, 0.15) is 11.6 Å². The Kier molecular flexibility index (Phi) is 5.14. The van der Waals surface area contributed by atoms with Crippen LogP contribution in [0.3, 0.4) is 0 Å². The molecule has 1 aliphatic heterocycles. The van der Waals surface area contributed by atoms with Crippen molar-refractivity contribution in [3.63, 3.8) is 0 Å². The van der Waals surface area contributed by atoms with Crippen molar-refractivity contribution in [2.45, 2.75) is 13.0 Å². The van der Waals surface area contributed by atoms with Gasteiger partial charge in [-0.1, -0.05) is 18.2 Å². The van der Waals surface area contributed by atoms with Crippen LogP contribution in [0.1, 0.15) is 12.5 Å². The maximum absolute atomic E-state index is 12.6. The Hall–Kier alpha value is -3.07. The van der Waals surface area contributed by atoms with E-state index in [9.17, 15) is 4.79 Å². The number of hydrogen-bond donors (Lipinski definition) is 0. The molecule has 128 valence electrons. The molecule has 0 saturated carbocycles. The van der Waals surface area contributed by atoms with E-state index in [1.807, 2.05) is 35.2 Å². The lowest BCUT2D eigenvalue weighted by atomic mass is 10.2. The molecule has 0 spiro atoms. The standard InChI is InChI=1S/C19H20N4O2/c1-15(25-17-5-3-2-4-6-17)19(24)23-11-9-22(10-12-23)18-13-16(14-20)7-8-21-18/h2-8,13,15H,9-12H2,1H3. The molecule has 1 aromatic carbocycles. The van der Waals surface area contributed by atoms with Gasteiger partial charge in [-0.25, -0.2) is 4.98 Å². The minimum absolute atomic E-state index is 0.0118. The van der Waals surface area contributed by atoms with Crippen LogP contribution in [0, 0.1) is 11.3 Å². The number of ether oxygens (including phenoxy) is 1. The van der Waals surface area contributed by atoms with Crippen molar-refractivity contribution >= 4 is 11.7 Å². The molecular weight excluding hydrogens is 316 g/mol. The van der Waals surface area contributed by atoms with Crippen molar-refractivity contribution in [3.05, 3.63) is 54.2 Å².